The first-order chi connectivity index (χ1) is 16.1. The number of ether oxygens (including phenoxy) is 1. The lowest BCUT2D eigenvalue weighted by atomic mass is 9.84. The molecule has 0 saturated heterocycles. The maximum atomic E-state index is 10.0. The lowest BCUT2D eigenvalue weighted by Crippen LogP contribution is -2.15. The van der Waals surface area contributed by atoms with Gasteiger partial charge in [-0.25, -0.2) is 14.5 Å². The Morgan fingerprint density at radius 2 is 1.91 bits per heavy atom. The summed E-state index contributed by atoms with van der Waals surface area (Å²) in [6.45, 7) is 0. The number of phenols is 1. The van der Waals surface area contributed by atoms with Crippen molar-refractivity contribution in [2.24, 2.45) is 0 Å². The summed E-state index contributed by atoms with van der Waals surface area (Å²) in [5.74, 6) is 1.53. The van der Waals surface area contributed by atoms with Gasteiger partial charge in [0, 0.05) is 55.3 Å². The molecule has 0 aliphatic carbocycles. The van der Waals surface area contributed by atoms with Crippen LogP contribution in [0.4, 0.5) is 5.69 Å². The van der Waals surface area contributed by atoms with Crippen molar-refractivity contribution < 1.29 is 9.84 Å². The Labute approximate surface area is 189 Å². The van der Waals surface area contributed by atoms with Gasteiger partial charge < -0.3 is 14.7 Å². The summed E-state index contributed by atoms with van der Waals surface area (Å²) in [5, 5.41) is 14.7. The molecule has 1 N–H and O–H groups in total. The SMILES string of the molecule is CN(C)c1ccc(-c2nc3c4c(ncn3n2)Oc2cc(O)ccc2C4c2cccnc2)cc1. The topological polar surface area (TPSA) is 88.7 Å². The van der Waals surface area contributed by atoms with Crippen LogP contribution in [0.1, 0.15) is 22.6 Å². The molecule has 3 aromatic heterocycles. The van der Waals surface area contributed by atoms with Crippen LogP contribution in [0.15, 0.2) is 73.3 Å². The highest BCUT2D eigenvalue weighted by atomic mass is 16.5. The third-order valence-electron chi connectivity index (χ3n) is 5.85. The summed E-state index contributed by atoms with van der Waals surface area (Å²) in [6.07, 6.45) is 5.18. The van der Waals surface area contributed by atoms with E-state index in [1.165, 1.54) is 0 Å². The molecule has 2 aromatic carbocycles. The average molecular weight is 436 g/mol. The van der Waals surface area contributed by atoms with Gasteiger partial charge in [-0.05, 0) is 42.0 Å². The standard InChI is InChI=1S/C25H20N6O2/c1-30(2)17-7-5-15(6-8-17)23-28-24-22-21(16-4-3-11-26-13-16)19-10-9-18(32)12-20(19)33-25(22)27-14-31(24)29-23/h3-14,21,32H,1-2H3. The fourth-order valence-electron chi connectivity index (χ4n) is 4.23. The number of pyridine rings is 1. The number of nitrogens with zero attached hydrogens (tertiary/aromatic N) is 6. The van der Waals surface area contributed by atoms with Crippen molar-refractivity contribution in [3.63, 3.8) is 0 Å². The van der Waals surface area contributed by atoms with Crippen LogP contribution in [0, 0.1) is 0 Å². The fourth-order valence-corrected chi connectivity index (χ4v) is 4.23. The maximum Gasteiger partial charge on any atom is 0.228 e. The second-order valence-electron chi connectivity index (χ2n) is 8.15. The van der Waals surface area contributed by atoms with E-state index in [9.17, 15) is 5.11 Å². The van der Waals surface area contributed by atoms with Gasteiger partial charge in [0.25, 0.3) is 0 Å². The van der Waals surface area contributed by atoms with E-state index in [0.717, 1.165) is 27.9 Å². The molecule has 0 spiro atoms. The molecule has 8 heteroatoms. The quantitative estimate of drug-likeness (QED) is 0.444. The van der Waals surface area contributed by atoms with Crippen molar-refractivity contribution in [1.82, 2.24) is 24.6 Å². The Morgan fingerprint density at radius 1 is 1.06 bits per heavy atom. The van der Waals surface area contributed by atoms with E-state index in [1.807, 2.05) is 67.7 Å². The van der Waals surface area contributed by atoms with Gasteiger partial charge in [-0.15, -0.1) is 5.10 Å². The lowest BCUT2D eigenvalue weighted by molar-refractivity contribution is 0.422. The number of rotatable bonds is 3. The highest BCUT2D eigenvalue weighted by Crippen LogP contribution is 2.48. The molecule has 0 radical (unpaired) electrons. The van der Waals surface area contributed by atoms with Gasteiger partial charge in [-0.2, -0.15) is 0 Å². The number of benzene rings is 2. The lowest BCUT2D eigenvalue weighted by Gasteiger charge is -2.27. The third-order valence-corrected chi connectivity index (χ3v) is 5.85. The molecule has 0 saturated carbocycles. The molecule has 5 aromatic rings. The van der Waals surface area contributed by atoms with E-state index >= 15 is 0 Å². The number of hydrogen-bond acceptors (Lipinski definition) is 7. The Kier molecular flexibility index (Phi) is 4.26. The Balaban J connectivity index is 1.55. The number of aromatic hydroxyl groups is 1. The van der Waals surface area contributed by atoms with Gasteiger partial charge in [0.2, 0.25) is 5.88 Å². The van der Waals surface area contributed by atoms with Gasteiger partial charge in [-0.3, -0.25) is 4.98 Å². The highest BCUT2D eigenvalue weighted by Gasteiger charge is 2.33. The first-order valence-electron chi connectivity index (χ1n) is 10.5. The van der Waals surface area contributed by atoms with Crippen LogP contribution >= 0.6 is 0 Å². The van der Waals surface area contributed by atoms with E-state index < -0.39 is 0 Å². The average Bonchev–Trinajstić information content (AvgIpc) is 3.28. The van der Waals surface area contributed by atoms with Gasteiger partial charge >= 0.3 is 0 Å². The van der Waals surface area contributed by atoms with Crippen molar-refractivity contribution in [3.8, 4) is 28.8 Å². The molecule has 162 valence electrons. The summed E-state index contributed by atoms with van der Waals surface area (Å²) in [7, 11) is 4.01. The molecule has 0 amide bonds. The largest absolute Gasteiger partial charge is 0.508 e. The van der Waals surface area contributed by atoms with E-state index in [1.54, 1.807) is 29.2 Å². The minimum absolute atomic E-state index is 0.133. The first kappa shape index (κ1) is 19.2. The van der Waals surface area contributed by atoms with Crippen LogP contribution in [-0.2, 0) is 0 Å². The zero-order valence-corrected chi connectivity index (χ0v) is 18.0. The highest BCUT2D eigenvalue weighted by molar-refractivity contribution is 5.69. The number of hydrogen-bond donors (Lipinski definition) is 1. The van der Waals surface area contributed by atoms with Crippen molar-refractivity contribution in [2.75, 3.05) is 19.0 Å². The summed E-state index contributed by atoms with van der Waals surface area (Å²) < 4.78 is 7.78. The zero-order chi connectivity index (χ0) is 22.5. The van der Waals surface area contributed by atoms with Gasteiger partial charge in [0.05, 0.1) is 5.56 Å². The van der Waals surface area contributed by atoms with Crippen LogP contribution in [0.3, 0.4) is 0 Å². The Morgan fingerprint density at radius 3 is 2.67 bits per heavy atom. The molecule has 1 aliphatic heterocycles. The van der Waals surface area contributed by atoms with E-state index in [2.05, 4.69) is 15.1 Å². The van der Waals surface area contributed by atoms with E-state index in [0.29, 0.717) is 23.1 Å². The summed E-state index contributed by atoms with van der Waals surface area (Å²) in [6, 6.07) is 17.2. The predicted molar refractivity (Wildman–Crippen MR) is 124 cm³/mol. The van der Waals surface area contributed by atoms with Crippen LogP contribution in [0.25, 0.3) is 17.0 Å². The van der Waals surface area contributed by atoms with Crippen molar-refractivity contribution in [1.29, 1.82) is 0 Å². The molecule has 4 heterocycles. The molecule has 8 nitrogen and oxygen atoms in total. The monoisotopic (exact) mass is 436 g/mol. The molecule has 33 heavy (non-hydrogen) atoms. The molecular weight excluding hydrogens is 416 g/mol. The first-order valence-corrected chi connectivity index (χ1v) is 10.5. The molecular formula is C25H20N6O2. The van der Waals surface area contributed by atoms with Crippen LogP contribution < -0.4 is 9.64 Å². The molecule has 6 rings (SSSR count). The van der Waals surface area contributed by atoms with Crippen LogP contribution in [0.5, 0.6) is 17.4 Å². The van der Waals surface area contributed by atoms with Crippen molar-refractivity contribution in [3.05, 3.63) is 90.0 Å². The summed E-state index contributed by atoms with van der Waals surface area (Å²) in [4.78, 5) is 15.8. The summed E-state index contributed by atoms with van der Waals surface area (Å²) in [5.41, 5.74) is 5.38. The van der Waals surface area contributed by atoms with Gasteiger partial charge in [-0.1, -0.05) is 12.1 Å². The van der Waals surface area contributed by atoms with E-state index in [4.69, 9.17) is 9.72 Å². The van der Waals surface area contributed by atoms with Gasteiger partial charge in [0.15, 0.2) is 11.5 Å². The molecule has 1 unspecified atom stereocenters. The Bertz CT molecular complexity index is 1480. The number of phenolic OH excluding ortho intramolecular Hbond substituents is 1. The van der Waals surface area contributed by atoms with Crippen LogP contribution in [0.2, 0.25) is 0 Å². The van der Waals surface area contributed by atoms with Gasteiger partial charge in [0.1, 0.15) is 17.8 Å². The fraction of sp³-hybridized carbons (Fsp3) is 0.120. The Hall–Kier alpha value is -4.46. The number of anilines is 1. The second kappa shape index (κ2) is 7.30. The zero-order valence-electron chi connectivity index (χ0n) is 18.0. The summed E-state index contributed by atoms with van der Waals surface area (Å²) >= 11 is 0. The van der Waals surface area contributed by atoms with E-state index in [-0.39, 0.29) is 11.7 Å². The molecule has 1 aliphatic rings. The maximum absolute atomic E-state index is 10.0. The minimum Gasteiger partial charge on any atom is -0.508 e. The number of fused-ring (bicyclic) bond motifs is 4. The molecule has 0 bridgehead atoms. The predicted octanol–water partition coefficient (Wildman–Crippen LogP) is 4.24. The third kappa shape index (κ3) is 3.15. The van der Waals surface area contributed by atoms with Crippen LogP contribution in [-0.4, -0.2) is 43.8 Å². The number of aromatic nitrogens is 5. The minimum atomic E-state index is -0.220. The normalized spacial score (nSPS) is 14.4. The molecule has 1 atom stereocenters. The van der Waals surface area contributed by atoms with Crippen molar-refractivity contribution >= 4 is 11.3 Å². The molecule has 0 fully saturated rings. The second-order valence-corrected chi connectivity index (χ2v) is 8.15. The van der Waals surface area contributed by atoms with Crippen molar-refractivity contribution in [2.45, 2.75) is 5.92 Å². The smallest absolute Gasteiger partial charge is 0.228 e.